The van der Waals surface area contributed by atoms with Crippen molar-refractivity contribution in [1.82, 2.24) is 8.75 Å². The van der Waals surface area contributed by atoms with Gasteiger partial charge in [0.05, 0.1) is 28.5 Å². The molecule has 0 saturated carbocycles. The monoisotopic (exact) mass is 320 g/mol. The first kappa shape index (κ1) is 11.6. The lowest BCUT2D eigenvalue weighted by molar-refractivity contribution is 0.103. The Morgan fingerprint density at radius 3 is 2.88 bits per heavy atom. The van der Waals surface area contributed by atoms with Crippen LogP contribution in [-0.2, 0) is 0 Å². The summed E-state index contributed by atoms with van der Waals surface area (Å²) in [4.78, 5) is 11.8. The predicted octanol–water partition coefficient (Wildman–Crippen LogP) is 3.32. The number of carbonyl (C=O) groups excluding carboxylic acids is 1. The fraction of sp³-hybridized carbons (Fsp3) is 0. The van der Waals surface area contributed by atoms with Gasteiger partial charge in [-0.3, -0.25) is 4.79 Å². The standard InChI is InChI=1S/C9H3BrClFN2OS/c10-5-2-1-4(8(12)7(5)11)9(15)6-3-13-16-14-6/h1-3H. The van der Waals surface area contributed by atoms with E-state index >= 15 is 0 Å². The Morgan fingerprint density at radius 2 is 2.25 bits per heavy atom. The van der Waals surface area contributed by atoms with Gasteiger partial charge in [0.25, 0.3) is 0 Å². The van der Waals surface area contributed by atoms with Gasteiger partial charge in [0.2, 0.25) is 5.78 Å². The Hall–Kier alpha value is -0.850. The first-order valence-electron chi connectivity index (χ1n) is 4.07. The van der Waals surface area contributed by atoms with E-state index in [1.165, 1.54) is 18.3 Å². The van der Waals surface area contributed by atoms with Crippen LogP contribution in [0.1, 0.15) is 16.1 Å². The van der Waals surface area contributed by atoms with Crippen LogP contribution in [0.15, 0.2) is 22.8 Å². The van der Waals surface area contributed by atoms with E-state index in [1.54, 1.807) is 0 Å². The number of hydrogen-bond acceptors (Lipinski definition) is 4. The summed E-state index contributed by atoms with van der Waals surface area (Å²) in [6.07, 6.45) is 1.29. The lowest BCUT2D eigenvalue weighted by atomic mass is 10.1. The molecule has 0 fully saturated rings. The minimum Gasteiger partial charge on any atom is -0.287 e. The second-order valence-electron chi connectivity index (χ2n) is 2.84. The largest absolute Gasteiger partial charge is 0.287 e. The van der Waals surface area contributed by atoms with Gasteiger partial charge in [0.1, 0.15) is 5.69 Å². The first-order chi connectivity index (χ1) is 7.61. The summed E-state index contributed by atoms with van der Waals surface area (Å²) in [5, 5.41) is -0.117. The molecule has 0 aliphatic heterocycles. The van der Waals surface area contributed by atoms with Crippen molar-refractivity contribution in [1.29, 1.82) is 0 Å². The molecule has 0 unspecified atom stereocenters. The Kier molecular flexibility index (Phi) is 3.32. The minimum atomic E-state index is -0.756. The highest BCUT2D eigenvalue weighted by Crippen LogP contribution is 2.28. The molecule has 1 heterocycles. The van der Waals surface area contributed by atoms with Gasteiger partial charge in [-0.15, -0.1) is 0 Å². The molecule has 82 valence electrons. The minimum absolute atomic E-state index is 0.110. The van der Waals surface area contributed by atoms with Gasteiger partial charge in [0.15, 0.2) is 5.82 Å². The highest BCUT2D eigenvalue weighted by Gasteiger charge is 2.19. The maximum absolute atomic E-state index is 13.7. The molecule has 1 aromatic heterocycles. The summed E-state index contributed by atoms with van der Waals surface area (Å²) in [6, 6.07) is 2.87. The van der Waals surface area contributed by atoms with Crippen molar-refractivity contribution < 1.29 is 9.18 Å². The molecule has 2 aromatic rings. The third kappa shape index (κ3) is 2.00. The van der Waals surface area contributed by atoms with E-state index in [0.717, 1.165) is 11.7 Å². The Bertz CT molecular complexity index is 547. The normalized spacial score (nSPS) is 10.4. The number of ketones is 1. The third-order valence-electron chi connectivity index (χ3n) is 1.87. The topological polar surface area (TPSA) is 42.9 Å². The van der Waals surface area contributed by atoms with Gasteiger partial charge in [-0.1, -0.05) is 11.6 Å². The molecule has 2 rings (SSSR count). The third-order valence-corrected chi connectivity index (χ3v) is 3.61. The summed E-state index contributed by atoms with van der Waals surface area (Å²) in [5.41, 5.74) is 0.00295. The van der Waals surface area contributed by atoms with Crippen molar-refractivity contribution in [3.63, 3.8) is 0 Å². The molecular weight excluding hydrogens is 319 g/mol. The molecule has 3 nitrogen and oxygen atoms in total. The molecule has 0 amide bonds. The summed E-state index contributed by atoms with van der Waals surface area (Å²) < 4.78 is 21.5. The molecule has 0 aliphatic carbocycles. The van der Waals surface area contributed by atoms with E-state index in [9.17, 15) is 9.18 Å². The van der Waals surface area contributed by atoms with Crippen molar-refractivity contribution in [3.8, 4) is 0 Å². The van der Waals surface area contributed by atoms with E-state index < -0.39 is 11.6 Å². The number of carbonyl (C=O) groups is 1. The van der Waals surface area contributed by atoms with Gasteiger partial charge < -0.3 is 0 Å². The van der Waals surface area contributed by atoms with E-state index in [0.29, 0.717) is 4.47 Å². The van der Waals surface area contributed by atoms with Crippen LogP contribution < -0.4 is 0 Å². The average Bonchev–Trinajstić information content (AvgIpc) is 2.79. The van der Waals surface area contributed by atoms with Crippen molar-refractivity contribution in [3.05, 3.63) is 44.9 Å². The second kappa shape index (κ2) is 4.57. The zero-order chi connectivity index (χ0) is 11.7. The number of hydrogen-bond donors (Lipinski definition) is 0. The van der Waals surface area contributed by atoms with Crippen LogP contribution in [-0.4, -0.2) is 14.5 Å². The maximum atomic E-state index is 13.7. The second-order valence-corrected chi connectivity index (χ2v) is 4.63. The molecule has 0 N–H and O–H groups in total. The SMILES string of the molecule is O=C(c1cnsn1)c1ccc(Br)c(Cl)c1F. The number of benzene rings is 1. The molecule has 0 radical (unpaired) electrons. The fourth-order valence-electron chi connectivity index (χ4n) is 1.10. The first-order valence-corrected chi connectivity index (χ1v) is 5.97. The van der Waals surface area contributed by atoms with Gasteiger partial charge in [-0.2, -0.15) is 8.75 Å². The Morgan fingerprint density at radius 1 is 1.50 bits per heavy atom. The zero-order valence-electron chi connectivity index (χ0n) is 7.58. The lowest BCUT2D eigenvalue weighted by Gasteiger charge is -2.03. The molecule has 0 spiro atoms. The zero-order valence-corrected chi connectivity index (χ0v) is 10.7. The van der Waals surface area contributed by atoms with Crippen LogP contribution in [0.2, 0.25) is 5.02 Å². The quantitative estimate of drug-likeness (QED) is 0.629. The van der Waals surface area contributed by atoms with Crippen molar-refractivity contribution in [2.45, 2.75) is 0 Å². The van der Waals surface area contributed by atoms with Crippen LogP contribution >= 0.6 is 39.3 Å². The molecule has 16 heavy (non-hydrogen) atoms. The van der Waals surface area contributed by atoms with E-state index in [-0.39, 0.29) is 16.3 Å². The molecule has 0 aliphatic rings. The molecule has 0 bridgehead atoms. The smallest absolute Gasteiger partial charge is 0.217 e. The van der Waals surface area contributed by atoms with Crippen LogP contribution in [0.5, 0.6) is 0 Å². The van der Waals surface area contributed by atoms with Crippen molar-refractivity contribution >= 4 is 45.0 Å². The van der Waals surface area contributed by atoms with Gasteiger partial charge in [-0.05, 0) is 28.1 Å². The summed E-state index contributed by atoms with van der Waals surface area (Å²) in [6.45, 7) is 0. The maximum Gasteiger partial charge on any atom is 0.217 e. The molecule has 0 atom stereocenters. The Balaban J connectivity index is 2.50. The van der Waals surface area contributed by atoms with Crippen LogP contribution in [0.25, 0.3) is 0 Å². The summed E-state index contributed by atoms with van der Waals surface area (Å²) in [5.74, 6) is -1.28. The number of nitrogens with zero attached hydrogens (tertiary/aromatic N) is 2. The van der Waals surface area contributed by atoms with Gasteiger partial charge in [0, 0.05) is 4.47 Å². The molecule has 7 heteroatoms. The Labute approximate surface area is 108 Å². The van der Waals surface area contributed by atoms with Gasteiger partial charge in [-0.25, -0.2) is 4.39 Å². The number of halogens is 3. The van der Waals surface area contributed by atoms with Crippen molar-refractivity contribution in [2.24, 2.45) is 0 Å². The van der Waals surface area contributed by atoms with E-state index in [2.05, 4.69) is 24.7 Å². The summed E-state index contributed by atoms with van der Waals surface area (Å²) >= 11 is 9.64. The van der Waals surface area contributed by atoms with Crippen LogP contribution in [0.3, 0.4) is 0 Å². The molecular formula is C9H3BrClFN2OS. The highest BCUT2D eigenvalue weighted by atomic mass is 79.9. The number of rotatable bonds is 2. The van der Waals surface area contributed by atoms with Crippen LogP contribution in [0.4, 0.5) is 4.39 Å². The van der Waals surface area contributed by atoms with Crippen molar-refractivity contribution in [2.75, 3.05) is 0 Å². The summed E-state index contributed by atoms with van der Waals surface area (Å²) in [7, 11) is 0. The fourth-order valence-corrected chi connectivity index (χ4v) is 1.99. The average molecular weight is 322 g/mol. The van der Waals surface area contributed by atoms with Gasteiger partial charge >= 0.3 is 0 Å². The van der Waals surface area contributed by atoms with E-state index in [4.69, 9.17) is 11.6 Å². The molecule has 1 aromatic carbocycles. The lowest BCUT2D eigenvalue weighted by Crippen LogP contribution is -2.05. The predicted molar refractivity (Wildman–Crippen MR) is 62.5 cm³/mol. The highest BCUT2D eigenvalue weighted by molar-refractivity contribution is 9.10. The van der Waals surface area contributed by atoms with E-state index in [1.807, 2.05) is 0 Å². The molecule has 0 saturated heterocycles. The van der Waals surface area contributed by atoms with Crippen LogP contribution in [0, 0.1) is 5.82 Å². The number of aromatic nitrogens is 2.